The molecule has 0 spiro atoms. The first-order valence-corrected chi connectivity index (χ1v) is 8.23. The lowest BCUT2D eigenvalue weighted by molar-refractivity contribution is -0.127. The summed E-state index contributed by atoms with van der Waals surface area (Å²) in [7, 11) is 0. The van der Waals surface area contributed by atoms with Gasteiger partial charge in [-0.05, 0) is 25.0 Å². The van der Waals surface area contributed by atoms with Crippen molar-refractivity contribution in [3.05, 3.63) is 36.8 Å². The zero-order chi connectivity index (χ0) is 16.3. The van der Waals surface area contributed by atoms with Gasteiger partial charge in [0.1, 0.15) is 5.76 Å². The number of amides is 1. The monoisotopic (exact) mass is 318 g/mol. The fourth-order valence-corrected chi connectivity index (χ4v) is 2.49. The number of carbonyl (C=O) groups excluding carboxylic acids is 1. The first kappa shape index (κ1) is 17.1. The standard InChI is InChI=1S/C17H26N4O2/c1-2-9-18-17(20-11-8-15-6-4-14-23-15)19-10-5-13-21-12-3-7-16(21)22/h2,4,6,14H,1,3,5,7-13H2,(H2,18,19,20). The molecule has 1 aliphatic rings. The highest BCUT2D eigenvalue weighted by Crippen LogP contribution is 2.09. The van der Waals surface area contributed by atoms with Crippen molar-refractivity contribution >= 4 is 11.9 Å². The van der Waals surface area contributed by atoms with Crippen LogP contribution in [0, 0.1) is 0 Å². The molecule has 2 heterocycles. The van der Waals surface area contributed by atoms with E-state index in [0.29, 0.717) is 19.5 Å². The minimum Gasteiger partial charge on any atom is -0.469 e. The quantitative estimate of drug-likeness (QED) is 0.314. The fraction of sp³-hybridized carbons (Fsp3) is 0.529. The summed E-state index contributed by atoms with van der Waals surface area (Å²) >= 11 is 0. The minimum atomic E-state index is 0.274. The van der Waals surface area contributed by atoms with Crippen molar-refractivity contribution in [3.63, 3.8) is 0 Å². The summed E-state index contributed by atoms with van der Waals surface area (Å²) in [4.78, 5) is 18.0. The van der Waals surface area contributed by atoms with Crippen LogP contribution in [0.2, 0.25) is 0 Å². The number of furan rings is 1. The second-order valence-corrected chi connectivity index (χ2v) is 5.49. The Morgan fingerprint density at radius 2 is 2.39 bits per heavy atom. The minimum absolute atomic E-state index is 0.274. The number of likely N-dealkylation sites (tertiary alicyclic amines) is 1. The molecule has 1 amide bonds. The van der Waals surface area contributed by atoms with Crippen molar-refractivity contribution in [2.75, 3.05) is 32.7 Å². The highest BCUT2D eigenvalue weighted by atomic mass is 16.3. The summed E-state index contributed by atoms with van der Waals surface area (Å²) in [6, 6.07) is 3.85. The summed E-state index contributed by atoms with van der Waals surface area (Å²) in [5.74, 6) is 1.99. The second-order valence-electron chi connectivity index (χ2n) is 5.49. The number of hydrogen-bond acceptors (Lipinski definition) is 3. The van der Waals surface area contributed by atoms with Crippen LogP contribution in [0.15, 0.2) is 40.5 Å². The Morgan fingerprint density at radius 3 is 3.09 bits per heavy atom. The van der Waals surface area contributed by atoms with Crippen LogP contribution in [-0.2, 0) is 11.2 Å². The Hall–Kier alpha value is -2.24. The van der Waals surface area contributed by atoms with E-state index in [1.54, 1.807) is 12.3 Å². The van der Waals surface area contributed by atoms with Gasteiger partial charge in [0.25, 0.3) is 0 Å². The predicted molar refractivity (Wildman–Crippen MR) is 91.3 cm³/mol. The molecular formula is C17H26N4O2. The van der Waals surface area contributed by atoms with Crippen LogP contribution in [0.1, 0.15) is 25.0 Å². The van der Waals surface area contributed by atoms with Gasteiger partial charge in [-0.3, -0.25) is 9.79 Å². The van der Waals surface area contributed by atoms with Gasteiger partial charge in [-0.2, -0.15) is 0 Å². The number of rotatable bonds is 9. The third kappa shape index (κ3) is 6.18. The Bertz CT molecular complexity index is 511. The van der Waals surface area contributed by atoms with Crippen LogP contribution < -0.4 is 10.6 Å². The Labute approximate surface area is 137 Å². The molecule has 0 unspecified atom stereocenters. The number of nitrogens with one attached hydrogen (secondary N) is 2. The van der Waals surface area contributed by atoms with Crippen LogP contribution in [0.5, 0.6) is 0 Å². The van der Waals surface area contributed by atoms with Gasteiger partial charge in [0.2, 0.25) is 5.91 Å². The molecule has 6 nitrogen and oxygen atoms in total. The number of carbonyl (C=O) groups is 1. The number of nitrogens with zero attached hydrogens (tertiary/aromatic N) is 2. The first-order chi connectivity index (χ1) is 11.3. The van der Waals surface area contributed by atoms with Crippen molar-refractivity contribution in [3.8, 4) is 0 Å². The average Bonchev–Trinajstić information content (AvgIpc) is 3.20. The lowest BCUT2D eigenvalue weighted by atomic mass is 10.3. The molecule has 1 aromatic rings. The van der Waals surface area contributed by atoms with E-state index >= 15 is 0 Å². The molecule has 0 aromatic carbocycles. The van der Waals surface area contributed by atoms with Crippen LogP contribution in [0.3, 0.4) is 0 Å². The summed E-state index contributed by atoms with van der Waals surface area (Å²) in [5.41, 5.74) is 0. The maximum Gasteiger partial charge on any atom is 0.222 e. The van der Waals surface area contributed by atoms with Gasteiger partial charge in [0, 0.05) is 45.6 Å². The van der Waals surface area contributed by atoms with Gasteiger partial charge in [-0.25, -0.2) is 0 Å². The van der Waals surface area contributed by atoms with Crippen LogP contribution in [-0.4, -0.2) is 49.5 Å². The molecule has 1 aliphatic heterocycles. The maximum atomic E-state index is 11.5. The lowest BCUT2D eigenvalue weighted by Gasteiger charge is -2.15. The molecule has 6 heteroatoms. The van der Waals surface area contributed by atoms with E-state index in [2.05, 4.69) is 22.2 Å². The second kappa shape index (κ2) is 9.71. The Kier molecular flexibility index (Phi) is 7.23. The van der Waals surface area contributed by atoms with E-state index in [9.17, 15) is 4.79 Å². The molecule has 2 rings (SSSR count). The van der Waals surface area contributed by atoms with E-state index in [-0.39, 0.29) is 5.91 Å². The maximum absolute atomic E-state index is 11.5. The first-order valence-electron chi connectivity index (χ1n) is 8.23. The van der Waals surface area contributed by atoms with Crippen LogP contribution in [0.4, 0.5) is 0 Å². The zero-order valence-corrected chi connectivity index (χ0v) is 13.6. The van der Waals surface area contributed by atoms with Gasteiger partial charge in [-0.15, -0.1) is 6.58 Å². The highest BCUT2D eigenvalue weighted by Gasteiger charge is 2.18. The molecule has 0 bridgehead atoms. The van der Waals surface area contributed by atoms with Gasteiger partial charge in [-0.1, -0.05) is 6.08 Å². The molecule has 1 fully saturated rings. The fourth-order valence-electron chi connectivity index (χ4n) is 2.49. The topological polar surface area (TPSA) is 69.9 Å². The number of hydrogen-bond donors (Lipinski definition) is 2. The summed E-state index contributed by atoms with van der Waals surface area (Å²) in [6.45, 7) is 7.50. The highest BCUT2D eigenvalue weighted by molar-refractivity contribution is 5.80. The van der Waals surface area contributed by atoms with E-state index in [0.717, 1.165) is 50.6 Å². The van der Waals surface area contributed by atoms with Crippen LogP contribution in [0.25, 0.3) is 0 Å². The molecular weight excluding hydrogens is 292 g/mol. The van der Waals surface area contributed by atoms with Crippen molar-refractivity contribution in [1.82, 2.24) is 15.5 Å². The average molecular weight is 318 g/mol. The zero-order valence-electron chi connectivity index (χ0n) is 13.6. The molecule has 2 N–H and O–H groups in total. The molecule has 126 valence electrons. The van der Waals surface area contributed by atoms with Crippen molar-refractivity contribution < 1.29 is 9.21 Å². The number of aliphatic imine (C=N–C) groups is 1. The van der Waals surface area contributed by atoms with Gasteiger partial charge >= 0.3 is 0 Å². The molecule has 1 aromatic heterocycles. The Balaban J connectivity index is 1.69. The van der Waals surface area contributed by atoms with Crippen molar-refractivity contribution in [1.29, 1.82) is 0 Å². The Morgan fingerprint density at radius 1 is 1.48 bits per heavy atom. The molecule has 1 saturated heterocycles. The molecule has 0 radical (unpaired) electrons. The van der Waals surface area contributed by atoms with Crippen molar-refractivity contribution in [2.24, 2.45) is 4.99 Å². The van der Waals surface area contributed by atoms with Gasteiger partial charge in [0.15, 0.2) is 5.96 Å². The largest absolute Gasteiger partial charge is 0.469 e. The summed E-state index contributed by atoms with van der Waals surface area (Å²) in [5, 5.41) is 6.48. The molecule has 0 saturated carbocycles. The summed E-state index contributed by atoms with van der Waals surface area (Å²) in [6.07, 6.45) is 6.85. The SMILES string of the molecule is C=CCNC(=NCCCN1CCCC1=O)NCCc1ccco1. The van der Waals surface area contributed by atoms with Crippen LogP contribution >= 0.6 is 0 Å². The summed E-state index contributed by atoms with van der Waals surface area (Å²) < 4.78 is 5.31. The van der Waals surface area contributed by atoms with E-state index in [4.69, 9.17) is 4.42 Å². The van der Waals surface area contributed by atoms with E-state index in [1.807, 2.05) is 17.0 Å². The van der Waals surface area contributed by atoms with Gasteiger partial charge < -0.3 is 20.0 Å². The number of guanidine groups is 1. The van der Waals surface area contributed by atoms with E-state index < -0.39 is 0 Å². The van der Waals surface area contributed by atoms with Gasteiger partial charge in [0.05, 0.1) is 6.26 Å². The smallest absolute Gasteiger partial charge is 0.222 e. The predicted octanol–water partition coefficient (Wildman–Crippen LogP) is 1.56. The lowest BCUT2D eigenvalue weighted by Crippen LogP contribution is -2.38. The normalized spacial score (nSPS) is 15.0. The van der Waals surface area contributed by atoms with E-state index in [1.165, 1.54) is 0 Å². The molecule has 0 aliphatic carbocycles. The third-order valence-corrected chi connectivity index (χ3v) is 3.69. The molecule has 23 heavy (non-hydrogen) atoms. The molecule has 0 atom stereocenters. The third-order valence-electron chi connectivity index (χ3n) is 3.69. The van der Waals surface area contributed by atoms with Crippen molar-refractivity contribution in [2.45, 2.75) is 25.7 Å².